The Labute approximate surface area is 179 Å². The van der Waals surface area contributed by atoms with Gasteiger partial charge in [0.25, 0.3) is 11.8 Å². The monoisotopic (exact) mass is 415 g/mol. The van der Waals surface area contributed by atoms with Crippen molar-refractivity contribution in [3.8, 4) is 11.5 Å². The number of anilines is 1. The fourth-order valence-corrected chi connectivity index (χ4v) is 3.08. The number of rotatable bonds is 6. The number of carbonyl (C=O) groups is 2. The molecule has 0 saturated heterocycles. The maximum atomic E-state index is 12.9. The van der Waals surface area contributed by atoms with Crippen LogP contribution in [0.1, 0.15) is 21.5 Å². The largest absolute Gasteiger partial charge is 0.454 e. The first kappa shape index (κ1) is 20.0. The average Bonchev–Trinajstić information content (AvgIpc) is 3.26. The van der Waals surface area contributed by atoms with Gasteiger partial charge in [-0.25, -0.2) is 0 Å². The van der Waals surface area contributed by atoms with E-state index in [1.807, 2.05) is 24.3 Å². The summed E-state index contributed by atoms with van der Waals surface area (Å²) in [5.74, 6) is 0.392. The Morgan fingerprint density at radius 2 is 1.68 bits per heavy atom. The minimum atomic E-state index is -0.440. The van der Waals surface area contributed by atoms with E-state index in [-0.39, 0.29) is 24.9 Å². The molecule has 0 bridgehead atoms. The van der Waals surface area contributed by atoms with Crippen LogP contribution >= 0.6 is 0 Å². The molecule has 156 valence electrons. The molecule has 0 unspecified atom stereocenters. The normalized spacial score (nSPS) is 12.3. The summed E-state index contributed by atoms with van der Waals surface area (Å²) in [5.41, 5.74) is 8.55. The van der Waals surface area contributed by atoms with Crippen molar-refractivity contribution in [1.82, 2.24) is 10.6 Å². The lowest BCUT2D eigenvalue weighted by Gasteiger charge is -2.12. The SMILES string of the molecule is Nc1ccccc1CNC(=O)/C(=C/c1ccc2c(c1)OCO2)NC(=O)c1ccccc1. The van der Waals surface area contributed by atoms with Gasteiger partial charge in [-0.2, -0.15) is 0 Å². The Kier molecular flexibility index (Phi) is 5.84. The number of hydrogen-bond donors (Lipinski definition) is 3. The van der Waals surface area contributed by atoms with E-state index in [0.29, 0.717) is 28.3 Å². The Morgan fingerprint density at radius 1 is 0.935 bits per heavy atom. The second kappa shape index (κ2) is 9.04. The summed E-state index contributed by atoms with van der Waals surface area (Å²) in [5, 5.41) is 5.52. The molecule has 31 heavy (non-hydrogen) atoms. The molecule has 1 aliphatic rings. The Bertz CT molecular complexity index is 1140. The maximum Gasteiger partial charge on any atom is 0.268 e. The summed E-state index contributed by atoms with van der Waals surface area (Å²) in [4.78, 5) is 25.6. The molecule has 7 nitrogen and oxygen atoms in total. The molecule has 0 radical (unpaired) electrons. The van der Waals surface area contributed by atoms with E-state index in [1.165, 1.54) is 0 Å². The van der Waals surface area contributed by atoms with Gasteiger partial charge in [0.2, 0.25) is 6.79 Å². The van der Waals surface area contributed by atoms with Gasteiger partial charge in [0.15, 0.2) is 11.5 Å². The quantitative estimate of drug-likeness (QED) is 0.424. The van der Waals surface area contributed by atoms with Gasteiger partial charge in [0.05, 0.1) is 0 Å². The third-order valence-corrected chi connectivity index (χ3v) is 4.73. The summed E-state index contributed by atoms with van der Waals surface area (Å²) < 4.78 is 10.7. The van der Waals surface area contributed by atoms with Crippen LogP contribution in [0.25, 0.3) is 6.08 Å². The highest BCUT2D eigenvalue weighted by Crippen LogP contribution is 2.33. The first-order valence-corrected chi connectivity index (χ1v) is 9.69. The summed E-state index contributed by atoms with van der Waals surface area (Å²) in [6.45, 7) is 0.379. The van der Waals surface area contributed by atoms with Crippen molar-refractivity contribution in [3.05, 3.63) is 95.2 Å². The van der Waals surface area contributed by atoms with Crippen molar-refractivity contribution in [2.24, 2.45) is 0 Å². The molecule has 2 amide bonds. The third kappa shape index (κ3) is 4.84. The van der Waals surface area contributed by atoms with Crippen LogP contribution in [0, 0.1) is 0 Å². The van der Waals surface area contributed by atoms with Gasteiger partial charge in [-0.1, -0.05) is 42.5 Å². The van der Waals surface area contributed by atoms with Gasteiger partial charge in [-0.15, -0.1) is 0 Å². The highest BCUT2D eigenvalue weighted by Gasteiger charge is 2.17. The smallest absolute Gasteiger partial charge is 0.268 e. The maximum absolute atomic E-state index is 12.9. The van der Waals surface area contributed by atoms with E-state index in [1.54, 1.807) is 54.6 Å². The van der Waals surface area contributed by atoms with Crippen LogP contribution in [0.15, 0.2) is 78.5 Å². The second-order valence-corrected chi connectivity index (χ2v) is 6.87. The van der Waals surface area contributed by atoms with Gasteiger partial charge in [-0.05, 0) is 47.5 Å². The van der Waals surface area contributed by atoms with Crippen molar-refractivity contribution >= 4 is 23.6 Å². The number of benzene rings is 3. The van der Waals surface area contributed by atoms with Crippen molar-refractivity contribution in [2.75, 3.05) is 12.5 Å². The predicted molar refractivity (Wildman–Crippen MR) is 117 cm³/mol. The Morgan fingerprint density at radius 3 is 2.48 bits per heavy atom. The van der Waals surface area contributed by atoms with E-state index < -0.39 is 5.91 Å². The number of nitrogen functional groups attached to an aromatic ring is 1. The van der Waals surface area contributed by atoms with Gasteiger partial charge >= 0.3 is 0 Å². The summed E-state index contributed by atoms with van der Waals surface area (Å²) >= 11 is 0. The zero-order valence-corrected chi connectivity index (χ0v) is 16.6. The van der Waals surface area contributed by atoms with Gasteiger partial charge in [0, 0.05) is 17.8 Å². The first-order valence-electron chi connectivity index (χ1n) is 9.69. The van der Waals surface area contributed by atoms with Crippen molar-refractivity contribution in [2.45, 2.75) is 6.54 Å². The summed E-state index contributed by atoms with van der Waals surface area (Å²) in [6.07, 6.45) is 1.59. The van der Waals surface area contributed by atoms with Gasteiger partial charge in [0.1, 0.15) is 5.70 Å². The molecule has 3 aromatic carbocycles. The topological polar surface area (TPSA) is 103 Å². The zero-order valence-electron chi connectivity index (χ0n) is 16.6. The zero-order chi connectivity index (χ0) is 21.6. The molecule has 1 aliphatic heterocycles. The molecule has 1 heterocycles. The number of fused-ring (bicyclic) bond motifs is 1. The number of amides is 2. The molecule has 0 fully saturated rings. The number of carbonyl (C=O) groups excluding carboxylic acids is 2. The van der Waals surface area contributed by atoms with Crippen LogP contribution in [0.4, 0.5) is 5.69 Å². The molecule has 0 aliphatic carbocycles. The molecule has 0 atom stereocenters. The number of nitrogens with one attached hydrogen (secondary N) is 2. The van der Waals surface area contributed by atoms with Gasteiger partial charge < -0.3 is 25.8 Å². The molecule has 3 aromatic rings. The fraction of sp³-hybridized carbons (Fsp3) is 0.0833. The molecule has 0 spiro atoms. The van der Waals surface area contributed by atoms with Crippen LogP contribution < -0.4 is 25.8 Å². The van der Waals surface area contributed by atoms with Gasteiger partial charge in [-0.3, -0.25) is 9.59 Å². The molecule has 0 aromatic heterocycles. The van der Waals surface area contributed by atoms with Crippen LogP contribution in [-0.2, 0) is 11.3 Å². The lowest BCUT2D eigenvalue weighted by molar-refractivity contribution is -0.117. The van der Waals surface area contributed by atoms with Crippen LogP contribution in [0.5, 0.6) is 11.5 Å². The minimum absolute atomic E-state index is 0.0993. The second-order valence-electron chi connectivity index (χ2n) is 6.87. The number of nitrogens with two attached hydrogens (primary N) is 1. The van der Waals surface area contributed by atoms with Crippen LogP contribution in [-0.4, -0.2) is 18.6 Å². The lowest BCUT2D eigenvalue weighted by atomic mass is 10.1. The standard InChI is InChI=1S/C24H21N3O4/c25-19-9-5-4-8-18(19)14-26-24(29)20(27-23(28)17-6-2-1-3-7-17)12-16-10-11-21-22(13-16)31-15-30-21/h1-13H,14-15,25H2,(H,26,29)(H,27,28)/b20-12-. The lowest BCUT2D eigenvalue weighted by Crippen LogP contribution is -2.34. The predicted octanol–water partition coefficient (Wildman–Crippen LogP) is 3.08. The minimum Gasteiger partial charge on any atom is -0.454 e. The van der Waals surface area contributed by atoms with E-state index in [0.717, 1.165) is 5.56 Å². The number of para-hydroxylation sites is 1. The molecular formula is C24H21N3O4. The van der Waals surface area contributed by atoms with E-state index in [4.69, 9.17) is 15.2 Å². The molecule has 0 saturated carbocycles. The van der Waals surface area contributed by atoms with E-state index in [2.05, 4.69) is 10.6 Å². The van der Waals surface area contributed by atoms with E-state index >= 15 is 0 Å². The fourth-order valence-electron chi connectivity index (χ4n) is 3.08. The van der Waals surface area contributed by atoms with Crippen molar-refractivity contribution in [3.63, 3.8) is 0 Å². The average molecular weight is 415 g/mol. The van der Waals surface area contributed by atoms with E-state index in [9.17, 15) is 9.59 Å². The molecule has 7 heteroatoms. The Balaban J connectivity index is 1.57. The van der Waals surface area contributed by atoms with Crippen molar-refractivity contribution in [1.29, 1.82) is 0 Å². The number of ether oxygens (including phenoxy) is 2. The van der Waals surface area contributed by atoms with Crippen LogP contribution in [0.2, 0.25) is 0 Å². The molecule has 4 N–H and O–H groups in total. The molecule has 4 rings (SSSR count). The molecular weight excluding hydrogens is 394 g/mol. The van der Waals surface area contributed by atoms with Crippen LogP contribution in [0.3, 0.4) is 0 Å². The Hall–Kier alpha value is -4.26. The number of hydrogen-bond acceptors (Lipinski definition) is 5. The first-order chi connectivity index (χ1) is 15.1. The summed E-state index contributed by atoms with van der Waals surface area (Å²) in [7, 11) is 0. The highest BCUT2D eigenvalue weighted by atomic mass is 16.7. The third-order valence-electron chi connectivity index (χ3n) is 4.73. The van der Waals surface area contributed by atoms with Crippen molar-refractivity contribution < 1.29 is 19.1 Å². The summed E-state index contributed by atoms with van der Waals surface area (Å²) in [6, 6.07) is 21.2. The highest BCUT2D eigenvalue weighted by molar-refractivity contribution is 6.05.